The number of carbonyl (C=O) groups excluding carboxylic acids is 1. The van der Waals surface area contributed by atoms with Crippen LogP contribution in [0.15, 0.2) is 60.7 Å². The number of ether oxygens (including phenoxy) is 1. The normalized spacial score (nSPS) is 10.7. The first-order valence-corrected chi connectivity index (χ1v) is 10.2. The predicted molar refractivity (Wildman–Crippen MR) is 120 cm³/mol. The Morgan fingerprint density at radius 3 is 2.57 bits per heavy atom. The van der Waals surface area contributed by atoms with E-state index in [4.69, 9.17) is 15.0 Å². The van der Waals surface area contributed by atoms with E-state index in [1.54, 1.807) is 31.4 Å². The van der Waals surface area contributed by atoms with Crippen molar-refractivity contribution in [3.8, 4) is 16.5 Å². The van der Waals surface area contributed by atoms with Crippen LogP contribution in [0.1, 0.15) is 27.2 Å². The highest BCUT2D eigenvalue weighted by Gasteiger charge is 2.21. The highest BCUT2D eigenvalue weighted by atomic mass is 32.1. The lowest BCUT2D eigenvalue weighted by atomic mass is 10.1. The highest BCUT2D eigenvalue weighted by molar-refractivity contribution is 7.22. The largest absolute Gasteiger partial charge is 0.380 e. The summed E-state index contributed by atoms with van der Waals surface area (Å²) in [6.45, 7) is 2.36. The van der Waals surface area contributed by atoms with Gasteiger partial charge in [-0.15, -0.1) is 11.3 Å². The van der Waals surface area contributed by atoms with E-state index >= 15 is 0 Å². The maximum atomic E-state index is 13.0. The second-order valence-corrected chi connectivity index (χ2v) is 7.85. The average Bonchev–Trinajstić information content (AvgIpc) is 3.12. The first-order valence-electron chi connectivity index (χ1n) is 9.39. The molecule has 2 heterocycles. The first kappa shape index (κ1) is 19.8. The molecule has 0 bridgehead atoms. The van der Waals surface area contributed by atoms with Gasteiger partial charge in [-0.2, -0.15) is 5.26 Å². The number of rotatable bonds is 5. The molecule has 0 aliphatic rings. The monoisotopic (exact) mass is 413 g/mol. The van der Waals surface area contributed by atoms with Gasteiger partial charge in [0.25, 0.3) is 5.91 Å². The Balaban J connectivity index is 1.91. The molecule has 6 heteroatoms. The molecular formula is C24H19N3O2S. The van der Waals surface area contributed by atoms with Gasteiger partial charge in [0.1, 0.15) is 4.83 Å². The molecule has 0 aliphatic carbocycles. The predicted octanol–water partition coefficient (Wildman–Crippen LogP) is 5.54. The second kappa shape index (κ2) is 8.46. The molecule has 4 aromatic rings. The lowest BCUT2D eigenvalue weighted by Crippen LogP contribution is -2.12. The summed E-state index contributed by atoms with van der Waals surface area (Å²) in [4.78, 5) is 19.4. The third kappa shape index (κ3) is 3.81. The molecule has 0 atom stereocenters. The van der Waals surface area contributed by atoms with E-state index in [0.29, 0.717) is 23.4 Å². The van der Waals surface area contributed by atoms with Crippen LogP contribution in [0.3, 0.4) is 0 Å². The zero-order valence-electron chi connectivity index (χ0n) is 16.6. The van der Waals surface area contributed by atoms with Crippen LogP contribution >= 0.6 is 11.3 Å². The molecule has 0 spiro atoms. The van der Waals surface area contributed by atoms with Crippen molar-refractivity contribution in [3.63, 3.8) is 0 Å². The average molecular weight is 414 g/mol. The minimum atomic E-state index is -0.186. The Bertz CT molecular complexity index is 1260. The number of thiophene rings is 1. The fourth-order valence-corrected chi connectivity index (χ4v) is 4.60. The Labute approximate surface area is 178 Å². The molecule has 0 unspecified atom stereocenters. The fourth-order valence-electron chi connectivity index (χ4n) is 3.38. The number of aromatic nitrogens is 1. The Hall–Kier alpha value is -3.53. The number of nitriles is 1. The van der Waals surface area contributed by atoms with Crippen LogP contribution in [-0.4, -0.2) is 18.0 Å². The number of nitrogens with one attached hydrogen (secondary N) is 1. The number of pyridine rings is 1. The molecule has 0 saturated carbocycles. The minimum absolute atomic E-state index is 0.186. The van der Waals surface area contributed by atoms with Crippen molar-refractivity contribution in [2.75, 3.05) is 12.4 Å². The van der Waals surface area contributed by atoms with Gasteiger partial charge in [-0.1, -0.05) is 30.3 Å². The molecule has 2 aromatic heterocycles. The number of anilines is 1. The number of carbonyl (C=O) groups is 1. The lowest BCUT2D eigenvalue weighted by Gasteiger charge is -2.11. The van der Waals surface area contributed by atoms with Crippen LogP contribution in [0.4, 0.5) is 5.69 Å². The van der Waals surface area contributed by atoms with Crippen molar-refractivity contribution in [1.82, 2.24) is 4.98 Å². The van der Waals surface area contributed by atoms with Crippen LogP contribution in [0.25, 0.3) is 20.7 Å². The number of amides is 1. The van der Waals surface area contributed by atoms with Gasteiger partial charge in [-0.05, 0) is 48.4 Å². The van der Waals surface area contributed by atoms with Crippen molar-refractivity contribution in [2.45, 2.75) is 13.5 Å². The van der Waals surface area contributed by atoms with E-state index in [1.807, 2.05) is 43.3 Å². The first-order chi connectivity index (χ1) is 14.6. The molecule has 0 fully saturated rings. The number of benzene rings is 2. The molecule has 2 aromatic carbocycles. The lowest BCUT2D eigenvalue weighted by molar-refractivity contribution is 0.102. The number of methoxy groups -OCH3 is 1. The van der Waals surface area contributed by atoms with Crippen molar-refractivity contribution < 1.29 is 9.53 Å². The number of hydrogen-bond donors (Lipinski definition) is 1. The van der Waals surface area contributed by atoms with E-state index in [2.05, 4.69) is 11.4 Å². The molecule has 0 radical (unpaired) electrons. The summed E-state index contributed by atoms with van der Waals surface area (Å²) in [7, 11) is 1.65. The highest BCUT2D eigenvalue weighted by Crippen LogP contribution is 2.44. The second-order valence-electron chi connectivity index (χ2n) is 6.85. The van der Waals surface area contributed by atoms with Crippen molar-refractivity contribution in [1.29, 1.82) is 5.26 Å². The molecule has 0 saturated heterocycles. The summed E-state index contributed by atoms with van der Waals surface area (Å²) in [6, 6.07) is 20.6. The topological polar surface area (TPSA) is 75.0 Å². The third-order valence-corrected chi connectivity index (χ3v) is 5.86. The summed E-state index contributed by atoms with van der Waals surface area (Å²) < 4.78 is 5.41. The standard InChI is InChI=1S/C24H19N3O2S/c1-15-12-19(14-29-2)20-21(27-23(28)18-6-4-3-5-7-18)22(30-24(20)26-15)17-10-8-16(13-25)9-11-17/h3-12H,14H2,1-2H3,(H,27,28). The summed E-state index contributed by atoms with van der Waals surface area (Å²) in [5.41, 5.74) is 4.66. The quantitative estimate of drug-likeness (QED) is 0.466. The van der Waals surface area contributed by atoms with E-state index in [9.17, 15) is 4.79 Å². The van der Waals surface area contributed by atoms with Gasteiger partial charge < -0.3 is 10.1 Å². The number of hydrogen-bond acceptors (Lipinski definition) is 5. The SMILES string of the molecule is COCc1cc(C)nc2sc(-c3ccc(C#N)cc3)c(NC(=O)c3ccccc3)c12. The van der Waals surface area contributed by atoms with Gasteiger partial charge in [-0.25, -0.2) is 4.98 Å². The summed E-state index contributed by atoms with van der Waals surface area (Å²) >= 11 is 1.52. The molecule has 0 aliphatic heterocycles. The molecule has 1 N–H and O–H groups in total. The smallest absolute Gasteiger partial charge is 0.255 e. The van der Waals surface area contributed by atoms with Crippen molar-refractivity contribution >= 4 is 33.1 Å². The van der Waals surface area contributed by atoms with Gasteiger partial charge >= 0.3 is 0 Å². The maximum absolute atomic E-state index is 13.0. The van der Waals surface area contributed by atoms with Crippen molar-refractivity contribution in [2.24, 2.45) is 0 Å². The fraction of sp³-hybridized carbons (Fsp3) is 0.125. The van der Waals surface area contributed by atoms with Gasteiger partial charge in [0, 0.05) is 23.8 Å². The molecular weight excluding hydrogens is 394 g/mol. The summed E-state index contributed by atoms with van der Waals surface area (Å²) in [5.74, 6) is -0.186. The molecule has 1 amide bonds. The zero-order chi connectivity index (χ0) is 21.1. The van der Waals surface area contributed by atoms with Gasteiger partial charge in [0.2, 0.25) is 0 Å². The molecule has 4 rings (SSSR count). The number of aryl methyl sites for hydroxylation is 1. The van der Waals surface area contributed by atoms with E-state index < -0.39 is 0 Å². The zero-order valence-corrected chi connectivity index (χ0v) is 17.4. The number of fused-ring (bicyclic) bond motifs is 1. The van der Waals surface area contributed by atoms with Gasteiger partial charge in [0.15, 0.2) is 0 Å². The van der Waals surface area contributed by atoms with Gasteiger partial charge in [0.05, 0.1) is 28.8 Å². The molecule has 30 heavy (non-hydrogen) atoms. The maximum Gasteiger partial charge on any atom is 0.255 e. The van der Waals surface area contributed by atoms with E-state index in [0.717, 1.165) is 31.9 Å². The Kier molecular flexibility index (Phi) is 5.57. The van der Waals surface area contributed by atoms with E-state index in [-0.39, 0.29) is 5.91 Å². The van der Waals surface area contributed by atoms with E-state index in [1.165, 1.54) is 11.3 Å². The minimum Gasteiger partial charge on any atom is -0.380 e. The number of nitrogens with zero attached hydrogens (tertiary/aromatic N) is 2. The summed E-state index contributed by atoms with van der Waals surface area (Å²) in [5, 5.41) is 13.1. The third-order valence-electron chi connectivity index (χ3n) is 4.72. The van der Waals surface area contributed by atoms with Crippen LogP contribution in [0.2, 0.25) is 0 Å². The van der Waals surface area contributed by atoms with Crippen LogP contribution in [0, 0.1) is 18.3 Å². The summed E-state index contributed by atoms with van der Waals surface area (Å²) in [6.07, 6.45) is 0. The Morgan fingerprint density at radius 1 is 1.17 bits per heavy atom. The van der Waals surface area contributed by atoms with Crippen molar-refractivity contribution in [3.05, 3.63) is 83.0 Å². The molecule has 148 valence electrons. The van der Waals surface area contributed by atoms with Crippen LogP contribution in [-0.2, 0) is 11.3 Å². The van der Waals surface area contributed by atoms with Crippen LogP contribution in [0.5, 0.6) is 0 Å². The van der Waals surface area contributed by atoms with Gasteiger partial charge in [-0.3, -0.25) is 4.79 Å². The Morgan fingerprint density at radius 2 is 1.90 bits per heavy atom. The molecule has 5 nitrogen and oxygen atoms in total. The van der Waals surface area contributed by atoms with Crippen LogP contribution < -0.4 is 5.32 Å².